The molecule has 7 heteroatoms. The van der Waals surface area contributed by atoms with Crippen LogP contribution in [0.1, 0.15) is 43.3 Å². The zero-order valence-electron chi connectivity index (χ0n) is 13.6. The van der Waals surface area contributed by atoms with Gasteiger partial charge in [0.2, 0.25) is 0 Å². The molecule has 1 aliphatic carbocycles. The average Bonchev–Trinajstić information content (AvgIpc) is 2.95. The Hall–Kier alpha value is -2.08. The SMILES string of the molecule is Cn1c(COc2cccc(Cl)c2)nnc1[C@H]1CC[C@H](C=NO)CC1. The summed E-state index contributed by atoms with van der Waals surface area (Å²) in [7, 11) is 1.98. The van der Waals surface area contributed by atoms with Gasteiger partial charge in [0.25, 0.3) is 0 Å². The molecule has 0 aliphatic heterocycles. The van der Waals surface area contributed by atoms with Crippen LogP contribution in [-0.2, 0) is 13.7 Å². The maximum Gasteiger partial charge on any atom is 0.170 e. The lowest BCUT2D eigenvalue weighted by Gasteiger charge is -2.25. The summed E-state index contributed by atoms with van der Waals surface area (Å²) in [6, 6.07) is 7.32. The Balaban J connectivity index is 1.62. The Morgan fingerprint density at radius 3 is 2.83 bits per heavy atom. The molecule has 6 nitrogen and oxygen atoms in total. The van der Waals surface area contributed by atoms with Crippen LogP contribution in [0, 0.1) is 5.92 Å². The molecule has 0 saturated heterocycles. The molecule has 0 atom stereocenters. The van der Waals surface area contributed by atoms with Gasteiger partial charge < -0.3 is 14.5 Å². The van der Waals surface area contributed by atoms with E-state index in [0.717, 1.165) is 43.1 Å². The summed E-state index contributed by atoms with van der Waals surface area (Å²) in [5, 5.41) is 21.1. The van der Waals surface area contributed by atoms with E-state index < -0.39 is 0 Å². The number of hydrogen-bond acceptors (Lipinski definition) is 5. The second kappa shape index (κ2) is 7.66. The summed E-state index contributed by atoms with van der Waals surface area (Å²) >= 11 is 5.96. The maximum atomic E-state index is 8.64. The van der Waals surface area contributed by atoms with Crippen molar-refractivity contribution in [2.75, 3.05) is 0 Å². The quantitative estimate of drug-likeness (QED) is 0.507. The van der Waals surface area contributed by atoms with E-state index in [1.165, 1.54) is 0 Å². The van der Waals surface area contributed by atoms with Crippen LogP contribution in [0.3, 0.4) is 0 Å². The van der Waals surface area contributed by atoms with Gasteiger partial charge in [0.15, 0.2) is 5.82 Å². The minimum atomic E-state index is 0.357. The Kier molecular flexibility index (Phi) is 5.35. The van der Waals surface area contributed by atoms with Crippen LogP contribution in [0.5, 0.6) is 5.75 Å². The minimum absolute atomic E-state index is 0.357. The molecule has 1 heterocycles. The van der Waals surface area contributed by atoms with Crippen molar-refractivity contribution in [1.29, 1.82) is 0 Å². The van der Waals surface area contributed by atoms with Crippen LogP contribution in [0.15, 0.2) is 29.4 Å². The maximum absolute atomic E-state index is 8.64. The summed E-state index contributed by atoms with van der Waals surface area (Å²) in [6.45, 7) is 0.357. The summed E-state index contributed by atoms with van der Waals surface area (Å²) < 4.78 is 7.77. The van der Waals surface area contributed by atoms with E-state index in [1.807, 2.05) is 29.8 Å². The molecule has 1 aromatic heterocycles. The molecule has 1 aliphatic rings. The first-order chi connectivity index (χ1) is 11.7. The summed E-state index contributed by atoms with van der Waals surface area (Å²) in [5.74, 6) is 3.27. The molecule has 0 radical (unpaired) electrons. The smallest absolute Gasteiger partial charge is 0.170 e. The van der Waals surface area contributed by atoms with Gasteiger partial charge in [-0.1, -0.05) is 17.7 Å². The Bertz CT molecular complexity index is 708. The third-order valence-corrected chi connectivity index (χ3v) is 4.81. The van der Waals surface area contributed by atoms with Gasteiger partial charge in [-0.2, -0.15) is 0 Å². The molecule has 128 valence electrons. The van der Waals surface area contributed by atoms with Crippen LogP contribution in [0.2, 0.25) is 5.02 Å². The topological polar surface area (TPSA) is 72.5 Å². The number of aromatic nitrogens is 3. The highest BCUT2D eigenvalue weighted by Gasteiger charge is 2.25. The number of rotatable bonds is 5. The molecule has 24 heavy (non-hydrogen) atoms. The second-order valence-corrected chi connectivity index (χ2v) is 6.59. The Morgan fingerprint density at radius 1 is 1.33 bits per heavy atom. The largest absolute Gasteiger partial charge is 0.486 e. The van der Waals surface area contributed by atoms with Crippen molar-refractivity contribution < 1.29 is 9.94 Å². The first kappa shape index (κ1) is 16.8. The lowest BCUT2D eigenvalue weighted by atomic mass is 9.82. The monoisotopic (exact) mass is 348 g/mol. The second-order valence-electron chi connectivity index (χ2n) is 6.16. The fourth-order valence-electron chi connectivity index (χ4n) is 3.18. The lowest BCUT2D eigenvalue weighted by molar-refractivity contribution is 0.289. The normalized spacial score (nSPS) is 21.2. The van der Waals surface area contributed by atoms with E-state index in [2.05, 4.69) is 15.4 Å². The number of halogens is 1. The molecular formula is C17H21ClN4O2. The average molecular weight is 349 g/mol. The third-order valence-electron chi connectivity index (χ3n) is 4.58. The van der Waals surface area contributed by atoms with Crippen molar-refractivity contribution in [2.45, 2.75) is 38.2 Å². The first-order valence-corrected chi connectivity index (χ1v) is 8.49. The number of benzene rings is 1. The molecule has 0 spiro atoms. The lowest BCUT2D eigenvalue weighted by Crippen LogP contribution is -2.17. The number of oxime groups is 1. The zero-order chi connectivity index (χ0) is 16.9. The fraction of sp³-hybridized carbons (Fsp3) is 0.471. The third kappa shape index (κ3) is 3.87. The van der Waals surface area contributed by atoms with E-state index >= 15 is 0 Å². The van der Waals surface area contributed by atoms with Crippen molar-refractivity contribution >= 4 is 17.8 Å². The predicted molar refractivity (Wildman–Crippen MR) is 91.8 cm³/mol. The van der Waals surface area contributed by atoms with Gasteiger partial charge in [-0.25, -0.2) is 0 Å². The van der Waals surface area contributed by atoms with Crippen LogP contribution < -0.4 is 4.74 Å². The highest BCUT2D eigenvalue weighted by atomic mass is 35.5. The summed E-state index contributed by atoms with van der Waals surface area (Å²) in [6.07, 6.45) is 5.71. The summed E-state index contributed by atoms with van der Waals surface area (Å²) in [4.78, 5) is 0. The van der Waals surface area contributed by atoms with Gasteiger partial charge in [-0.15, -0.1) is 15.4 Å². The molecule has 0 amide bonds. The number of ether oxygens (including phenoxy) is 1. The summed E-state index contributed by atoms with van der Waals surface area (Å²) in [5.41, 5.74) is 0. The van der Waals surface area contributed by atoms with Crippen molar-refractivity contribution in [3.8, 4) is 5.75 Å². The van der Waals surface area contributed by atoms with Crippen molar-refractivity contribution in [3.05, 3.63) is 40.9 Å². The molecule has 0 bridgehead atoms. The molecular weight excluding hydrogens is 328 g/mol. The van der Waals surface area contributed by atoms with Crippen LogP contribution in [0.25, 0.3) is 0 Å². The van der Waals surface area contributed by atoms with Crippen LogP contribution in [-0.4, -0.2) is 26.2 Å². The predicted octanol–water partition coefficient (Wildman–Crippen LogP) is 3.78. The van der Waals surface area contributed by atoms with Gasteiger partial charge in [-0.05, 0) is 49.8 Å². The fourth-order valence-corrected chi connectivity index (χ4v) is 3.36. The van der Waals surface area contributed by atoms with E-state index in [9.17, 15) is 0 Å². The Morgan fingerprint density at radius 2 is 2.12 bits per heavy atom. The van der Waals surface area contributed by atoms with Gasteiger partial charge in [0, 0.05) is 24.2 Å². The van der Waals surface area contributed by atoms with E-state index in [-0.39, 0.29) is 0 Å². The first-order valence-electron chi connectivity index (χ1n) is 8.11. The van der Waals surface area contributed by atoms with E-state index in [0.29, 0.717) is 23.5 Å². The minimum Gasteiger partial charge on any atom is -0.486 e. The van der Waals surface area contributed by atoms with Gasteiger partial charge in [-0.3, -0.25) is 0 Å². The highest BCUT2D eigenvalue weighted by molar-refractivity contribution is 6.30. The molecule has 1 aromatic carbocycles. The zero-order valence-corrected chi connectivity index (χ0v) is 14.4. The van der Waals surface area contributed by atoms with E-state index in [4.69, 9.17) is 21.5 Å². The molecule has 0 unspecified atom stereocenters. The van der Waals surface area contributed by atoms with Crippen molar-refractivity contribution in [1.82, 2.24) is 14.8 Å². The molecule has 1 N–H and O–H groups in total. The molecule has 1 saturated carbocycles. The molecule has 3 rings (SSSR count). The standard InChI is InChI=1S/C17H21ClN4O2/c1-22-16(11-24-15-4-2-3-14(18)9-15)20-21-17(22)13-7-5-12(6-8-13)10-19-23/h2-4,9-10,12-13,23H,5-8,11H2,1H3/t12-,13-. The van der Waals surface area contributed by atoms with Crippen molar-refractivity contribution in [2.24, 2.45) is 18.1 Å². The highest BCUT2D eigenvalue weighted by Crippen LogP contribution is 2.34. The van der Waals surface area contributed by atoms with Crippen molar-refractivity contribution in [3.63, 3.8) is 0 Å². The number of nitrogens with zero attached hydrogens (tertiary/aromatic N) is 4. The Labute approximate surface area is 146 Å². The van der Waals surface area contributed by atoms with Gasteiger partial charge in [0.1, 0.15) is 18.2 Å². The molecule has 1 fully saturated rings. The van der Waals surface area contributed by atoms with Gasteiger partial charge >= 0.3 is 0 Å². The van der Waals surface area contributed by atoms with Crippen LogP contribution in [0.4, 0.5) is 0 Å². The van der Waals surface area contributed by atoms with Crippen LogP contribution >= 0.6 is 11.6 Å². The molecule has 2 aromatic rings. The van der Waals surface area contributed by atoms with E-state index in [1.54, 1.807) is 12.3 Å². The van der Waals surface area contributed by atoms with Gasteiger partial charge in [0.05, 0.1) is 0 Å². The number of hydrogen-bond donors (Lipinski definition) is 1.